The molecular weight excluding hydrogens is 462 g/mol. The van der Waals surface area contributed by atoms with Gasteiger partial charge in [-0.3, -0.25) is 4.55 Å². The summed E-state index contributed by atoms with van der Waals surface area (Å²) >= 11 is 0. The van der Waals surface area contributed by atoms with Crippen molar-refractivity contribution in [2.24, 2.45) is 5.41 Å². The van der Waals surface area contributed by atoms with Crippen molar-refractivity contribution in [3.8, 4) is 0 Å². The largest absolute Gasteiger partial charge is 1.00 e. The van der Waals surface area contributed by atoms with Crippen LogP contribution in [0.4, 0.5) is 0 Å². The third-order valence-corrected chi connectivity index (χ3v) is 6.61. The molecule has 0 aliphatic carbocycles. The van der Waals surface area contributed by atoms with Crippen LogP contribution in [0.1, 0.15) is 104 Å². The fourth-order valence-corrected chi connectivity index (χ4v) is 4.92. The number of unbranched alkanes of at least 4 members (excludes halogenated alkanes) is 10. The Labute approximate surface area is 267 Å². The number of aliphatic carboxylic acids is 2. The molecule has 0 heterocycles. The molecule has 0 spiro atoms. The molecule has 10 heteroatoms. The summed E-state index contributed by atoms with van der Waals surface area (Å²) in [5.41, 5.74) is -2.18. The molecule has 0 amide bonds. The van der Waals surface area contributed by atoms with Gasteiger partial charge < -0.3 is 19.8 Å². The third kappa shape index (κ3) is 14.4. The quantitative estimate of drug-likeness (QED) is 0.116. The van der Waals surface area contributed by atoms with Crippen molar-refractivity contribution in [1.29, 1.82) is 0 Å². The number of hydrogen-bond donors (Lipinski definition) is 1. The Morgan fingerprint density at radius 3 is 1.37 bits per heavy atom. The van der Waals surface area contributed by atoms with Crippen molar-refractivity contribution in [2.45, 2.75) is 109 Å². The van der Waals surface area contributed by atoms with E-state index in [0.717, 1.165) is 51.4 Å². The second kappa shape index (κ2) is 20.5. The molecule has 1 N–H and O–H groups in total. The zero-order valence-corrected chi connectivity index (χ0v) is 26.3. The SMILES string of the molecule is CCCCCCCCC(CCCCCCCC)(C(=O)[O-])C(C(=O)[O-])S(=O)(=O)O.[K+].[K+]. The minimum atomic E-state index is -5.15. The summed E-state index contributed by atoms with van der Waals surface area (Å²) in [4.78, 5) is 23.5. The fourth-order valence-electron chi connectivity index (χ4n) is 3.77. The van der Waals surface area contributed by atoms with E-state index >= 15 is 0 Å². The van der Waals surface area contributed by atoms with E-state index in [1.165, 1.54) is 0 Å². The predicted molar refractivity (Wildman–Crippen MR) is 104 cm³/mol. The first-order valence-electron chi connectivity index (χ1n) is 10.5. The Balaban J connectivity index is -0.00000364. The standard InChI is InChI=1S/C20H38O7S.2K/c1-3-5-7-9-11-13-15-20(19(23)24,16-14-12-10-8-6-4-2)17(18(21)22)28(25,26)27;;/h17H,3-16H2,1-2H3,(H,21,22)(H,23,24)(H,25,26,27);;/q;2*+1/p-2. The Hall–Kier alpha value is 2.12. The fraction of sp³-hybridized carbons (Fsp3) is 0.900. The number of rotatable bonds is 18. The number of carbonyl (C=O) groups is 2. The topological polar surface area (TPSA) is 135 Å². The molecule has 0 radical (unpaired) electrons. The molecule has 166 valence electrons. The van der Waals surface area contributed by atoms with Gasteiger partial charge in [-0.2, -0.15) is 8.42 Å². The minimum absolute atomic E-state index is 0. The summed E-state index contributed by atoms with van der Waals surface area (Å²) in [6, 6.07) is 0. The molecule has 0 rings (SSSR count). The second-order valence-corrected chi connectivity index (χ2v) is 9.19. The first-order chi connectivity index (χ1) is 13.1. The predicted octanol–water partition coefficient (Wildman–Crippen LogP) is -3.76. The molecule has 30 heavy (non-hydrogen) atoms. The van der Waals surface area contributed by atoms with E-state index in [0.29, 0.717) is 25.7 Å². The smallest absolute Gasteiger partial charge is 0.549 e. The van der Waals surface area contributed by atoms with E-state index in [9.17, 15) is 32.8 Å². The molecule has 0 aliphatic rings. The molecule has 0 aromatic heterocycles. The van der Waals surface area contributed by atoms with Crippen LogP contribution in [0.15, 0.2) is 0 Å². The number of carboxylic acid groups (broad SMARTS) is 2. The summed E-state index contributed by atoms with van der Waals surface area (Å²) in [5.74, 6) is -3.84. The van der Waals surface area contributed by atoms with E-state index in [1.807, 2.05) is 0 Å². The second-order valence-electron chi connectivity index (χ2n) is 7.69. The van der Waals surface area contributed by atoms with Gasteiger partial charge in [0.1, 0.15) is 5.25 Å². The van der Waals surface area contributed by atoms with E-state index in [1.54, 1.807) is 0 Å². The summed E-state index contributed by atoms with van der Waals surface area (Å²) in [6.07, 6.45) is 9.57. The van der Waals surface area contributed by atoms with E-state index in [2.05, 4.69) is 13.8 Å². The van der Waals surface area contributed by atoms with Gasteiger partial charge in [-0.1, -0.05) is 90.9 Å². The zero-order chi connectivity index (χ0) is 21.6. The molecule has 0 aliphatic heterocycles. The van der Waals surface area contributed by atoms with Gasteiger partial charge in [0.25, 0.3) is 10.1 Å². The van der Waals surface area contributed by atoms with Crippen LogP contribution in [0.2, 0.25) is 0 Å². The molecule has 0 bridgehead atoms. The molecule has 0 aromatic carbocycles. The van der Waals surface area contributed by atoms with Gasteiger partial charge in [-0.05, 0) is 12.8 Å². The van der Waals surface area contributed by atoms with Crippen LogP contribution in [0.25, 0.3) is 0 Å². The summed E-state index contributed by atoms with van der Waals surface area (Å²) in [6.45, 7) is 4.14. The third-order valence-electron chi connectivity index (χ3n) is 5.37. The zero-order valence-electron chi connectivity index (χ0n) is 19.3. The summed E-state index contributed by atoms with van der Waals surface area (Å²) < 4.78 is 32.9. The molecule has 1 unspecified atom stereocenters. The maximum Gasteiger partial charge on any atom is 1.00 e. The Morgan fingerprint density at radius 1 is 0.767 bits per heavy atom. The van der Waals surface area contributed by atoms with E-state index in [-0.39, 0.29) is 116 Å². The molecule has 0 saturated heterocycles. The Morgan fingerprint density at radius 2 is 1.10 bits per heavy atom. The normalized spacial score (nSPS) is 12.5. The molecule has 0 aromatic rings. The van der Waals surface area contributed by atoms with Crippen molar-refractivity contribution in [3.63, 3.8) is 0 Å². The van der Waals surface area contributed by atoms with Gasteiger partial charge in [0.15, 0.2) is 0 Å². The van der Waals surface area contributed by atoms with Gasteiger partial charge in [0.2, 0.25) is 0 Å². The molecule has 1 atom stereocenters. The molecule has 0 fully saturated rings. The van der Waals surface area contributed by atoms with E-state index in [4.69, 9.17) is 0 Å². The van der Waals surface area contributed by atoms with Crippen LogP contribution < -0.4 is 113 Å². The average molecular weight is 499 g/mol. The van der Waals surface area contributed by atoms with Crippen LogP contribution in [0.3, 0.4) is 0 Å². The molecule has 7 nitrogen and oxygen atoms in total. The van der Waals surface area contributed by atoms with Crippen LogP contribution in [0.5, 0.6) is 0 Å². The van der Waals surface area contributed by atoms with Gasteiger partial charge in [-0.15, -0.1) is 0 Å². The maximum atomic E-state index is 12.0. The van der Waals surface area contributed by atoms with Crippen molar-refractivity contribution in [2.75, 3.05) is 0 Å². The molecular formula is C20H36K2O7S. The first kappa shape index (κ1) is 36.7. The van der Waals surface area contributed by atoms with Crippen LogP contribution in [0, 0.1) is 5.41 Å². The van der Waals surface area contributed by atoms with Crippen LogP contribution in [-0.2, 0) is 19.7 Å². The Bertz CT molecular complexity index is 552. The average Bonchev–Trinajstić information content (AvgIpc) is 2.58. The van der Waals surface area contributed by atoms with Crippen molar-refractivity contribution in [3.05, 3.63) is 0 Å². The van der Waals surface area contributed by atoms with Crippen molar-refractivity contribution >= 4 is 22.1 Å². The summed E-state index contributed by atoms with van der Waals surface area (Å²) in [5, 5.41) is 21.0. The van der Waals surface area contributed by atoms with Crippen LogP contribution in [-0.4, -0.2) is 30.2 Å². The van der Waals surface area contributed by atoms with Gasteiger partial charge in [0.05, 0.1) is 5.97 Å². The maximum absolute atomic E-state index is 12.0. The van der Waals surface area contributed by atoms with Gasteiger partial charge >= 0.3 is 103 Å². The van der Waals surface area contributed by atoms with Crippen molar-refractivity contribution < 1.29 is 136 Å². The van der Waals surface area contributed by atoms with Crippen molar-refractivity contribution in [1.82, 2.24) is 0 Å². The minimum Gasteiger partial charge on any atom is -0.549 e. The number of carbonyl (C=O) groups excluding carboxylic acids is 2. The first-order valence-corrected chi connectivity index (χ1v) is 12.0. The van der Waals surface area contributed by atoms with Crippen LogP contribution >= 0.6 is 0 Å². The Kier molecular flexibility index (Phi) is 25.1. The van der Waals surface area contributed by atoms with Gasteiger partial charge in [0, 0.05) is 11.4 Å². The van der Waals surface area contributed by atoms with Gasteiger partial charge in [-0.25, -0.2) is 0 Å². The van der Waals surface area contributed by atoms with E-state index < -0.39 is 32.7 Å². The summed E-state index contributed by atoms with van der Waals surface area (Å²) in [7, 11) is -5.15. The molecule has 0 saturated carbocycles. The number of hydrogen-bond acceptors (Lipinski definition) is 6. The monoisotopic (exact) mass is 498 g/mol. The number of carboxylic acids is 2.